The summed E-state index contributed by atoms with van der Waals surface area (Å²) in [7, 11) is 0. The van der Waals surface area contributed by atoms with Crippen molar-refractivity contribution in [2.45, 2.75) is 25.2 Å². The molecule has 0 saturated carbocycles. The second-order valence-electron chi connectivity index (χ2n) is 5.14. The first-order valence-electron chi connectivity index (χ1n) is 6.64. The van der Waals surface area contributed by atoms with Gasteiger partial charge in [0.15, 0.2) is 0 Å². The fourth-order valence-corrected chi connectivity index (χ4v) is 2.90. The maximum atomic E-state index is 5.99. The van der Waals surface area contributed by atoms with Gasteiger partial charge in [-0.05, 0) is 48.2 Å². The molecule has 0 fully saturated rings. The molecule has 0 aliphatic carbocycles. The lowest BCUT2D eigenvalue weighted by molar-refractivity contribution is 0.513. The highest BCUT2D eigenvalue weighted by Gasteiger charge is 2.28. The quantitative estimate of drug-likeness (QED) is 0.564. The van der Waals surface area contributed by atoms with E-state index in [0.29, 0.717) is 5.88 Å². The van der Waals surface area contributed by atoms with Crippen LogP contribution in [-0.4, -0.2) is 5.88 Å². The predicted molar refractivity (Wildman–Crippen MR) is 89.3 cm³/mol. The maximum absolute atomic E-state index is 5.99. The summed E-state index contributed by atoms with van der Waals surface area (Å²) in [5.74, 6) is 0.663. The summed E-state index contributed by atoms with van der Waals surface area (Å²) < 4.78 is 0. The highest BCUT2D eigenvalue weighted by molar-refractivity contribution is 6.30. The SMILES string of the molecule is CC(CCCCl)(c1ccc(Cl)cc1)c1ccc(Cl)cc1. The third-order valence-electron chi connectivity index (χ3n) is 3.77. The molecule has 0 N–H and O–H groups in total. The van der Waals surface area contributed by atoms with Gasteiger partial charge in [-0.25, -0.2) is 0 Å². The van der Waals surface area contributed by atoms with E-state index in [2.05, 4.69) is 31.2 Å². The number of alkyl halides is 1. The van der Waals surface area contributed by atoms with E-state index >= 15 is 0 Å². The van der Waals surface area contributed by atoms with Crippen LogP contribution in [0.25, 0.3) is 0 Å². The van der Waals surface area contributed by atoms with Gasteiger partial charge in [0.2, 0.25) is 0 Å². The molecule has 0 amide bonds. The smallest absolute Gasteiger partial charge is 0.0406 e. The van der Waals surface area contributed by atoms with E-state index in [4.69, 9.17) is 34.8 Å². The lowest BCUT2D eigenvalue weighted by Gasteiger charge is -2.31. The second-order valence-corrected chi connectivity index (χ2v) is 6.39. The molecular formula is C17H17Cl3. The topological polar surface area (TPSA) is 0 Å². The van der Waals surface area contributed by atoms with Crippen LogP contribution < -0.4 is 0 Å². The Labute approximate surface area is 135 Å². The minimum absolute atomic E-state index is 0.0793. The average molecular weight is 328 g/mol. The van der Waals surface area contributed by atoms with Crippen molar-refractivity contribution in [3.8, 4) is 0 Å². The Bertz CT molecular complexity index is 498. The molecule has 0 unspecified atom stereocenters. The first-order valence-corrected chi connectivity index (χ1v) is 7.93. The van der Waals surface area contributed by atoms with Crippen molar-refractivity contribution in [2.24, 2.45) is 0 Å². The average Bonchev–Trinajstić information content (AvgIpc) is 2.46. The van der Waals surface area contributed by atoms with Crippen LogP contribution in [0.15, 0.2) is 48.5 Å². The number of hydrogen-bond acceptors (Lipinski definition) is 0. The van der Waals surface area contributed by atoms with Crippen LogP contribution in [0.1, 0.15) is 30.9 Å². The summed E-state index contributed by atoms with van der Waals surface area (Å²) in [4.78, 5) is 0. The fraction of sp³-hybridized carbons (Fsp3) is 0.294. The summed E-state index contributed by atoms with van der Waals surface area (Å²) in [6, 6.07) is 16.1. The normalized spacial score (nSPS) is 11.6. The first-order chi connectivity index (χ1) is 9.56. The number of benzene rings is 2. The van der Waals surface area contributed by atoms with Crippen LogP contribution in [0, 0.1) is 0 Å². The van der Waals surface area contributed by atoms with Crippen LogP contribution >= 0.6 is 34.8 Å². The molecular weight excluding hydrogens is 311 g/mol. The lowest BCUT2D eigenvalue weighted by Crippen LogP contribution is -2.23. The molecule has 0 heterocycles. The van der Waals surface area contributed by atoms with Crippen LogP contribution in [0.4, 0.5) is 0 Å². The molecule has 0 aliphatic rings. The fourth-order valence-electron chi connectivity index (χ4n) is 2.51. The van der Waals surface area contributed by atoms with E-state index in [0.717, 1.165) is 22.9 Å². The maximum Gasteiger partial charge on any atom is 0.0406 e. The van der Waals surface area contributed by atoms with Crippen molar-refractivity contribution < 1.29 is 0 Å². The van der Waals surface area contributed by atoms with E-state index in [1.165, 1.54) is 11.1 Å². The first kappa shape index (κ1) is 15.7. The minimum Gasteiger partial charge on any atom is -0.127 e. The largest absolute Gasteiger partial charge is 0.127 e. The predicted octanol–water partition coefficient (Wildman–Crippen LogP) is 6.32. The molecule has 106 valence electrons. The Kier molecular flexibility index (Phi) is 5.37. The van der Waals surface area contributed by atoms with Gasteiger partial charge < -0.3 is 0 Å². The Balaban J connectivity index is 2.43. The van der Waals surface area contributed by atoms with Gasteiger partial charge >= 0.3 is 0 Å². The zero-order chi connectivity index (χ0) is 14.6. The van der Waals surface area contributed by atoms with Crippen LogP contribution in [0.5, 0.6) is 0 Å². The van der Waals surface area contributed by atoms with Gasteiger partial charge in [-0.15, -0.1) is 11.6 Å². The number of hydrogen-bond donors (Lipinski definition) is 0. The summed E-state index contributed by atoms with van der Waals surface area (Å²) >= 11 is 17.9. The molecule has 0 saturated heterocycles. The Morgan fingerprint density at radius 1 is 0.800 bits per heavy atom. The molecule has 0 spiro atoms. The van der Waals surface area contributed by atoms with Crippen LogP contribution in [-0.2, 0) is 5.41 Å². The van der Waals surface area contributed by atoms with Crippen LogP contribution in [0.3, 0.4) is 0 Å². The van der Waals surface area contributed by atoms with Crippen molar-refractivity contribution in [3.05, 3.63) is 69.7 Å². The highest BCUT2D eigenvalue weighted by atomic mass is 35.5. The third kappa shape index (κ3) is 3.49. The van der Waals surface area contributed by atoms with Gasteiger partial charge in [-0.3, -0.25) is 0 Å². The van der Waals surface area contributed by atoms with Gasteiger partial charge in [0, 0.05) is 21.3 Å². The summed E-state index contributed by atoms with van der Waals surface area (Å²) in [6.45, 7) is 2.24. The Morgan fingerprint density at radius 3 is 1.55 bits per heavy atom. The molecule has 0 radical (unpaired) electrons. The zero-order valence-electron chi connectivity index (χ0n) is 11.4. The van der Waals surface area contributed by atoms with Crippen LogP contribution in [0.2, 0.25) is 10.0 Å². The molecule has 20 heavy (non-hydrogen) atoms. The number of halogens is 3. The van der Waals surface area contributed by atoms with E-state index in [-0.39, 0.29) is 5.41 Å². The Hall–Kier alpha value is -0.690. The molecule has 0 bridgehead atoms. The van der Waals surface area contributed by atoms with E-state index in [1.54, 1.807) is 0 Å². The third-order valence-corrected chi connectivity index (χ3v) is 4.54. The van der Waals surface area contributed by atoms with Gasteiger partial charge in [0.05, 0.1) is 0 Å². The number of rotatable bonds is 5. The van der Waals surface area contributed by atoms with Gasteiger partial charge in [-0.1, -0.05) is 54.4 Å². The van der Waals surface area contributed by atoms with Gasteiger partial charge in [0.1, 0.15) is 0 Å². The molecule has 0 aromatic heterocycles. The molecule has 0 atom stereocenters. The van der Waals surface area contributed by atoms with Crippen molar-refractivity contribution in [1.82, 2.24) is 0 Å². The monoisotopic (exact) mass is 326 g/mol. The molecule has 3 heteroatoms. The standard InChI is InChI=1S/C17H17Cl3/c1-17(11-2-12-18,13-3-7-15(19)8-4-13)14-5-9-16(20)10-6-14/h3-10H,2,11-12H2,1H3. The lowest BCUT2D eigenvalue weighted by atomic mass is 9.73. The minimum atomic E-state index is -0.0793. The van der Waals surface area contributed by atoms with E-state index in [9.17, 15) is 0 Å². The van der Waals surface area contributed by atoms with Crippen molar-refractivity contribution in [2.75, 3.05) is 5.88 Å². The second kappa shape index (κ2) is 6.85. The molecule has 2 aromatic carbocycles. The van der Waals surface area contributed by atoms with E-state index < -0.39 is 0 Å². The molecule has 2 rings (SSSR count). The van der Waals surface area contributed by atoms with Crippen molar-refractivity contribution >= 4 is 34.8 Å². The highest BCUT2D eigenvalue weighted by Crippen LogP contribution is 2.37. The summed E-state index contributed by atoms with van der Waals surface area (Å²) in [6.07, 6.45) is 1.95. The Morgan fingerprint density at radius 2 is 1.20 bits per heavy atom. The summed E-state index contributed by atoms with van der Waals surface area (Å²) in [5, 5.41) is 1.51. The molecule has 0 nitrogen and oxygen atoms in total. The van der Waals surface area contributed by atoms with Crippen molar-refractivity contribution in [1.29, 1.82) is 0 Å². The molecule has 2 aromatic rings. The van der Waals surface area contributed by atoms with Gasteiger partial charge in [-0.2, -0.15) is 0 Å². The zero-order valence-corrected chi connectivity index (χ0v) is 13.6. The summed E-state index contributed by atoms with van der Waals surface area (Å²) in [5.41, 5.74) is 2.41. The van der Waals surface area contributed by atoms with Crippen molar-refractivity contribution in [3.63, 3.8) is 0 Å². The molecule has 0 aliphatic heterocycles. The van der Waals surface area contributed by atoms with Gasteiger partial charge in [0.25, 0.3) is 0 Å². The van der Waals surface area contributed by atoms with E-state index in [1.807, 2.05) is 24.3 Å².